The Morgan fingerprint density at radius 1 is 1.23 bits per heavy atom. The van der Waals surface area contributed by atoms with E-state index in [2.05, 4.69) is 31.9 Å². The Hall–Kier alpha value is -0.310. The summed E-state index contributed by atoms with van der Waals surface area (Å²) >= 11 is 3.43. The van der Waals surface area contributed by atoms with Gasteiger partial charge in [0.15, 0.2) is 0 Å². The van der Waals surface area contributed by atoms with E-state index in [-0.39, 0.29) is 0 Å². The van der Waals surface area contributed by atoms with Crippen LogP contribution in [0.5, 0.6) is 0 Å². The van der Waals surface area contributed by atoms with Crippen molar-refractivity contribution in [3.05, 3.63) is 16.9 Å². The summed E-state index contributed by atoms with van der Waals surface area (Å²) in [5, 5.41) is 4.35. The first kappa shape index (κ1) is 9.25. The first-order valence-corrected chi connectivity index (χ1v) is 5.85. The molecule has 1 aromatic rings. The van der Waals surface area contributed by atoms with Gasteiger partial charge in [-0.05, 0) is 28.8 Å². The van der Waals surface area contributed by atoms with E-state index in [0.717, 1.165) is 4.47 Å². The number of nitrogens with zero attached hydrogens (tertiary/aromatic N) is 2. The summed E-state index contributed by atoms with van der Waals surface area (Å²) in [6.07, 6.45) is 12.1. The number of hydrogen-bond acceptors (Lipinski definition) is 1. The van der Waals surface area contributed by atoms with Crippen LogP contribution in [-0.4, -0.2) is 9.78 Å². The van der Waals surface area contributed by atoms with Gasteiger partial charge < -0.3 is 0 Å². The van der Waals surface area contributed by atoms with Crippen LogP contribution in [0.15, 0.2) is 16.9 Å². The summed E-state index contributed by atoms with van der Waals surface area (Å²) in [6.45, 7) is 0. The summed E-state index contributed by atoms with van der Waals surface area (Å²) in [6, 6.07) is 0.647. The van der Waals surface area contributed by atoms with E-state index >= 15 is 0 Å². The maximum absolute atomic E-state index is 4.35. The second kappa shape index (κ2) is 4.27. The van der Waals surface area contributed by atoms with Crippen molar-refractivity contribution < 1.29 is 0 Å². The third kappa shape index (κ3) is 2.33. The normalized spacial score (nSPS) is 20.1. The third-order valence-corrected chi connectivity index (χ3v) is 3.18. The molecule has 0 aromatic carbocycles. The topological polar surface area (TPSA) is 17.8 Å². The highest BCUT2D eigenvalue weighted by atomic mass is 79.9. The second-order valence-corrected chi connectivity index (χ2v) is 4.70. The highest BCUT2D eigenvalue weighted by Crippen LogP contribution is 2.27. The lowest BCUT2D eigenvalue weighted by Gasteiger charge is -2.13. The van der Waals surface area contributed by atoms with Crippen LogP contribution in [0.3, 0.4) is 0 Å². The van der Waals surface area contributed by atoms with Crippen LogP contribution in [0.4, 0.5) is 0 Å². The molecular weight excluding hydrogens is 228 g/mol. The van der Waals surface area contributed by atoms with Gasteiger partial charge in [-0.3, -0.25) is 4.68 Å². The van der Waals surface area contributed by atoms with Crippen molar-refractivity contribution >= 4 is 15.9 Å². The molecule has 0 saturated heterocycles. The van der Waals surface area contributed by atoms with Gasteiger partial charge in [0.1, 0.15) is 0 Å². The number of hydrogen-bond donors (Lipinski definition) is 0. The summed E-state index contributed by atoms with van der Waals surface area (Å²) in [5.74, 6) is 0. The minimum atomic E-state index is 0.647. The Bertz CT molecular complexity index is 262. The van der Waals surface area contributed by atoms with Gasteiger partial charge in [0.25, 0.3) is 0 Å². The average Bonchev–Trinajstić information content (AvgIpc) is 2.43. The fourth-order valence-electron chi connectivity index (χ4n) is 2.04. The van der Waals surface area contributed by atoms with E-state index in [4.69, 9.17) is 0 Å². The van der Waals surface area contributed by atoms with E-state index < -0.39 is 0 Å². The number of aromatic nitrogens is 2. The molecule has 72 valence electrons. The zero-order chi connectivity index (χ0) is 9.10. The summed E-state index contributed by atoms with van der Waals surface area (Å²) in [7, 11) is 0. The molecule has 0 radical (unpaired) electrons. The Balaban J connectivity index is 2.06. The Kier molecular flexibility index (Phi) is 3.04. The van der Waals surface area contributed by atoms with Crippen molar-refractivity contribution in [3.8, 4) is 0 Å². The van der Waals surface area contributed by atoms with Crippen LogP contribution < -0.4 is 0 Å². The van der Waals surface area contributed by atoms with Crippen LogP contribution in [0, 0.1) is 0 Å². The van der Waals surface area contributed by atoms with Crippen molar-refractivity contribution in [2.24, 2.45) is 0 Å². The molecule has 1 aromatic heterocycles. The van der Waals surface area contributed by atoms with E-state index in [1.54, 1.807) is 0 Å². The van der Waals surface area contributed by atoms with Crippen molar-refractivity contribution in [1.29, 1.82) is 0 Å². The minimum Gasteiger partial charge on any atom is -0.269 e. The Labute approximate surface area is 87.5 Å². The fraction of sp³-hybridized carbons (Fsp3) is 0.700. The maximum atomic E-state index is 4.35. The molecule has 0 spiro atoms. The lowest BCUT2D eigenvalue weighted by atomic mass is 10.1. The number of rotatable bonds is 1. The Morgan fingerprint density at radius 3 is 2.46 bits per heavy atom. The van der Waals surface area contributed by atoms with Crippen molar-refractivity contribution in [3.63, 3.8) is 0 Å². The maximum Gasteiger partial charge on any atom is 0.0632 e. The number of halogens is 1. The van der Waals surface area contributed by atoms with Gasteiger partial charge in [0.05, 0.1) is 16.7 Å². The van der Waals surface area contributed by atoms with Gasteiger partial charge in [-0.15, -0.1) is 0 Å². The molecule has 0 N–H and O–H groups in total. The molecule has 3 heteroatoms. The molecule has 0 amide bonds. The van der Waals surface area contributed by atoms with E-state index in [9.17, 15) is 0 Å². The summed E-state index contributed by atoms with van der Waals surface area (Å²) in [5.41, 5.74) is 0. The van der Waals surface area contributed by atoms with Crippen molar-refractivity contribution in [2.45, 2.75) is 44.6 Å². The SMILES string of the molecule is Brc1cnn(C2CCCCCC2)c1. The summed E-state index contributed by atoms with van der Waals surface area (Å²) in [4.78, 5) is 0. The summed E-state index contributed by atoms with van der Waals surface area (Å²) < 4.78 is 3.21. The molecule has 1 fully saturated rings. The predicted octanol–water partition coefficient (Wildman–Crippen LogP) is 3.54. The van der Waals surface area contributed by atoms with E-state index in [0.29, 0.717) is 6.04 Å². The molecule has 1 aliphatic carbocycles. The molecule has 1 heterocycles. The smallest absolute Gasteiger partial charge is 0.0632 e. The molecule has 1 aliphatic rings. The average molecular weight is 243 g/mol. The highest BCUT2D eigenvalue weighted by Gasteiger charge is 2.14. The highest BCUT2D eigenvalue weighted by molar-refractivity contribution is 9.10. The largest absolute Gasteiger partial charge is 0.269 e. The van der Waals surface area contributed by atoms with Crippen LogP contribution in [-0.2, 0) is 0 Å². The van der Waals surface area contributed by atoms with Gasteiger partial charge >= 0.3 is 0 Å². The third-order valence-electron chi connectivity index (χ3n) is 2.77. The molecule has 0 bridgehead atoms. The van der Waals surface area contributed by atoms with Gasteiger partial charge in [-0.2, -0.15) is 5.10 Å². The molecule has 2 nitrogen and oxygen atoms in total. The zero-order valence-electron chi connectivity index (χ0n) is 7.75. The molecule has 13 heavy (non-hydrogen) atoms. The predicted molar refractivity (Wildman–Crippen MR) is 56.7 cm³/mol. The molecule has 1 saturated carbocycles. The molecule has 0 aliphatic heterocycles. The van der Waals surface area contributed by atoms with Crippen LogP contribution in [0.25, 0.3) is 0 Å². The van der Waals surface area contributed by atoms with Crippen molar-refractivity contribution in [1.82, 2.24) is 9.78 Å². The molecular formula is C10H15BrN2. The standard InChI is InChI=1S/C10H15BrN2/c11-9-7-12-13(8-9)10-5-3-1-2-4-6-10/h7-8,10H,1-6H2. The van der Waals surface area contributed by atoms with E-state index in [1.165, 1.54) is 38.5 Å². The van der Waals surface area contributed by atoms with Crippen molar-refractivity contribution in [2.75, 3.05) is 0 Å². The first-order valence-electron chi connectivity index (χ1n) is 5.06. The van der Waals surface area contributed by atoms with Crippen LogP contribution in [0.1, 0.15) is 44.6 Å². The lowest BCUT2D eigenvalue weighted by molar-refractivity contribution is 0.405. The van der Waals surface area contributed by atoms with Gasteiger partial charge in [0.2, 0.25) is 0 Å². The molecule has 2 rings (SSSR count). The fourth-order valence-corrected chi connectivity index (χ4v) is 2.34. The Morgan fingerprint density at radius 2 is 1.92 bits per heavy atom. The van der Waals surface area contributed by atoms with Crippen LogP contribution >= 0.6 is 15.9 Å². The second-order valence-electron chi connectivity index (χ2n) is 3.78. The van der Waals surface area contributed by atoms with Gasteiger partial charge in [0, 0.05) is 6.20 Å². The molecule has 0 unspecified atom stereocenters. The van der Waals surface area contributed by atoms with E-state index in [1.807, 2.05) is 6.20 Å². The van der Waals surface area contributed by atoms with Gasteiger partial charge in [-0.1, -0.05) is 25.7 Å². The molecule has 0 atom stereocenters. The quantitative estimate of drug-likeness (QED) is 0.690. The zero-order valence-corrected chi connectivity index (χ0v) is 9.33. The van der Waals surface area contributed by atoms with Crippen LogP contribution in [0.2, 0.25) is 0 Å². The minimum absolute atomic E-state index is 0.647. The lowest BCUT2D eigenvalue weighted by Crippen LogP contribution is -2.08. The first-order chi connectivity index (χ1) is 6.36. The van der Waals surface area contributed by atoms with Gasteiger partial charge in [-0.25, -0.2) is 0 Å². The monoisotopic (exact) mass is 242 g/mol.